The van der Waals surface area contributed by atoms with Gasteiger partial charge in [0.05, 0.1) is 0 Å². The molecule has 3 heterocycles. The van der Waals surface area contributed by atoms with E-state index in [0.29, 0.717) is 5.69 Å². The van der Waals surface area contributed by atoms with E-state index in [4.69, 9.17) is 0 Å². The minimum absolute atomic E-state index is 0.0253. The zero-order valence-corrected chi connectivity index (χ0v) is 14.6. The number of benzene rings is 1. The first-order chi connectivity index (χ1) is 12.7. The molecule has 0 aliphatic carbocycles. The van der Waals surface area contributed by atoms with Crippen molar-refractivity contribution in [1.29, 1.82) is 0 Å². The quantitative estimate of drug-likeness (QED) is 0.845. The molecule has 2 aromatic rings. The van der Waals surface area contributed by atoms with E-state index >= 15 is 0 Å². The van der Waals surface area contributed by atoms with Crippen LogP contribution in [0.15, 0.2) is 36.4 Å². The Morgan fingerprint density at radius 1 is 0.808 bits per heavy atom. The normalized spacial score (nSPS) is 17.7. The molecule has 0 atom stereocenters. The molecule has 4 rings (SSSR count). The number of carbonyl (C=O) groups excluding carboxylic acids is 1. The number of rotatable bonds is 3. The van der Waals surface area contributed by atoms with Crippen molar-refractivity contribution < 1.29 is 9.18 Å². The van der Waals surface area contributed by atoms with Gasteiger partial charge in [-0.25, -0.2) is 4.39 Å². The summed E-state index contributed by atoms with van der Waals surface area (Å²) < 4.78 is 13.1. The zero-order chi connectivity index (χ0) is 17.9. The number of anilines is 2. The van der Waals surface area contributed by atoms with E-state index in [1.165, 1.54) is 12.1 Å². The topological polar surface area (TPSA) is 52.6 Å². The fraction of sp³-hybridized carbons (Fsp3) is 0.421. The molecule has 0 radical (unpaired) electrons. The molecular formula is C19H22FN5O. The second kappa shape index (κ2) is 7.27. The minimum atomic E-state index is -0.216. The second-order valence-electron chi connectivity index (χ2n) is 6.73. The Morgan fingerprint density at radius 2 is 1.46 bits per heavy atom. The third-order valence-corrected chi connectivity index (χ3v) is 5.06. The first-order valence-electron chi connectivity index (χ1n) is 9.09. The molecule has 1 aromatic heterocycles. The van der Waals surface area contributed by atoms with Crippen LogP contribution in [-0.4, -0.2) is 60.3 Å². The summed E-state index contributed by atoms with van der Waals surface area (Å²) in [6, 6.07) is 10.2. The predicted molar refractivity (Wildman–Crippen MR) is 98.0 cm³/mol. The van der Waals surface area contributed by atoms with Crippen molar-refractivity contribution in [3.8, 4) is 0 Å². The van der Waals surface area contributed by atoms with Crippen LogP contribution < -0.4 is 9.80 Å². The van der Waals surface area contributed by atoms with Crippen LogP contribution in [0.3, 0.4) is 0 Å². The van der Waals surface area contributed by atoms with Crippen LogP contribution in [0, 0.1) is 5.82 Å². The van der Waals surface area contributed by atoms with Gasteiger partial charge in [0.15, 0.2) is 11.5 Å². The Balaban J connectivity index is 1.37. The van der Waals surface area contributed by atoms with Gasteiger partial charge in [0.1, 0.15) is 5.82 Å². The van der Waals surface area contributed by atoms with Gasteiger partial charge in [0.25, 0.3) is 5.91 Å². The Hall–Kier alpha value is -2.70. The van der Waals surface area contributed by atoms with Crippen LogP contribution in [0.25, 0.3) is 0 Å². The monoisotopic (exact) mass is 355 g/mol. The SMILES string of the molecule is O=C(c1ccc(N2CCN(c3ccc(F)cc3)CC2)nn1)N1CCCC1. The summed E-state index contributed by atoms with van der Waals surface area (Å²) in [5, 5.41) is 8.41. The fourth-order valence-electron chi connectivity index (χ4n) is 3.54. The molecule has 2 aliphatic heterocycles. The number of hydrogen-bond donors (Lipinski definition) is 0. The number of likely N-dealkylation sites (tertiary alicyclic amines) is 1. The maximum Gasteiger partial charge on any atom is 0.274 e. The molecular weight excluding hydrogens is 333 g/mol. The smallest absolute Gasteiger partial charge is 0.274 e. The number of hydrogen-bond acceptors (Lipinski definition) is 5. The van der Waals surface area contributed by atoms with Gasteiger partial charge in [-0.05, 0) is 49.2 Å². The van der Waals surface area contributed by atoms with Crippen LogP contribution in [-0.2, 0) is 0 Å². The Morgan fingerprint density at radius 3 is 2.08 bits per heavy atom. The molecule has 0 spiro atoms. The van der Waals surface area contributed by atoms with Gasteiger partial charge in [-0.15, -0.1) is 10.2 Å². The second-order valence-corrected chi connectivity index (χ2v) is 6.73. The van der Waals surface area contributed by atoms with E-state index in [1.54, 1.807) is 6.07 Å². The highest BCUT2D eigenvalue weighted by Crippen LogP contribution is 2.20. The standard InChI is InChI=1S/C19H22FN5O/c20-15-3-5-16(6-4-15)23-11-13-24(14-12-23)18-8-7-17(21-22-18)19(26)25-9-1-2-10-25/h3-8H,1-2,9-14H2. The van der Waals surface area contributed by atoms with Crippen molar-refractivity contribution in [3.63, 3.8) is 0 Å². The fourth-order valence-corrected chi connectivity index (χ4v) is 3.54. The highest BCUT2D eigenvalue weighted by molar-refractivity contribution is 5.92. The van der Waals surface area contributed by atoms with E-state index in [-0.39, 0.29) is 11.7 Å². The number of aromatic nitrogens is 2. The van der Waals surface area contributed by atoms with Crippen molar-refractivity contribution >= 4 is 17.4 Å². The average Bonchev–Trinajstić information content (AvgIpc) is 3.23. The van der Waals surface area contributed by atoms with Gasteiger partial charge >= 0.3 is 0 Å². The van der Waals surface area contributed by atoms with Crippen molar-refractivity contribution in [3.05, 3.63) is 47.9 Å². The highest BCUT2D eigenvalue weighted by atomic mass is 19.1. The summed E-state index contributed by atoms with van der Waals surface area (Å²) in [7, 11) is 0. The summed E-state index contributed by atoms with van der Waals surface area (Å²) in [6.45, 7) is 4.92. The predicted octanol–water partition coefficient (Wildman–Crippen LogP) is 2.18. The Bertz CT molecular complexity index is 751. The maximum atomic E-state index is 13.1. The van der Waals surface area contributed by atoms with Crippen LogP contribution >= 0.6 is 0 Å². The van der Waals surface area contributed by atoms with Crippen molar-refractivity contribution in [2.24, 2.45) is 0 Å². The lowest BCUT2D eigenvalue weighted by atomic mass is 10.2. The van der Waals surface area contributed by atoms with Crippen LogP contribution in [0.2, 0.25) is 0 Å². The number of piperazine rings is 1. The van der Waals surface area contributed by atoms with Gasteiger partial charge in [0.2, 0.25) is 0 Å². The van der Waals surface area contributed by atoms with Crippen molar-refractivity contribution in [1.82, 2.24) is 15.1 Å². The molecule has 1 amide bonds. The Kier molecular flexibility index (Phi) is 4.69. The van der Waals surface area contributed by atoms with Gasteiger partial charge in [-0.3, -0.25) is 4.79 Å². The summed E-state index contributed by atoms with van der Waals surface area (Å²) in [6.07, 6.45) is 2.13. The third kappa shape index (κ3) is 3.47. The molecule has 0 bridgehead atoms. The molecule has 0 unspecified atom stereocenters. The highest BCUT2D eigenvalue weighted by Gasteiger charge is 2.22. The first kappa shape index (κ1) is 16.8. The molecule has 0 saturated carbocycles. The lowest BCUT2D eigenvalue weighted by molar-refractivity contribution is 0.0786. The maximum absolute atomic E-state index is 13.1. The Labute approximate surface area is 152 Å². The number of nitrogens with zero attached hydrogens (tertiary/aromatic N) is 5. The summed E-state index contributed by atoms with van der Waals surface area (Å²) in [5.41, 5.74) is 1.45. The minimum Gasteiger partial charge on any atom is -0.368 e. The molecule has 2 saturated heterocycles. The number of carbonyl (C=O) groups is 1. The van der Waals surface area contributed by atoms with Crippen LogP contribution in [0.4, 0.5) is 15.9 Å². The van der Waals surface area contributed by atoms with Gasteiger partial charge in [-0.1, -0.05) is 0 Å². The largest absolute Gasteiger partial charge is 0.368 e. The number of halogens is 1. The van der Waals surface area contributed by atoms with Crippen LogP contribution in [0.5, 0.6) is 0 Å². The molecule has 6 nitrogen and oxygen atoms in total. The molecule has 7 heteroatoms. The molecule has 2 aliphatic rings. The van der Waals surface area contributed by atoms with E-state index < -0.39 is 0 Å². The summed E-state index contributed by atoms with van der Waals surface area (Å²) in [5.74, 6) is 0.552. The van der Waals surface area contributed by atoms with Gasteiger partial charge < -0.3 is 14.7 Å². The molecule has 136 valence electrons. The molecule has 2 fully saturated rings. The van der Waals surface area contributed by atoms with Crippen LogP contribution in [0.1, 0.15) is 23.3 Å². The zero-order valence-electron chi connectivity index (χ0n) is 14.6. The molecule has 26 heavy (non-hydrogen) atoms. The molecule has 1 aromatic carbocycles. The van der Waals surface area contributed by atoms with Gasteiger partial charge in [-0.2, -0.15) is 0 Å². The average molecular weight is 355 g/mol. The lowest BCUT2D eigenvalue weighted by Crippen LogP contribution is -2.47. The van der Waals surface area contributed by atoms with E-state index in [0.717, 1.165) is 63.6 Å². The molecule has 0 N–H and O–H groups in total. The lowest BCUT2D eigenvalue weighted by Gasteiger charge is -2.36. The van der Waals surface area contributed by atoms with E-state index in [1.807, 2.05) is 23.1 Å². The first-order valence-corrected chi connectivity index (χ1v) is 9.09. The summed E-state index contributed by atoms with van der Waals surface area (Å²) >= 11 is 0. The number of amides is 1. The van der Waals surface area contributed by atoms with Gasteiger partial charge in [0, 0.05) is 45.0 Å². The summed E-state index contributed by atoms with van der Waals surface area (Å²) in [4.78, 5) is 18.6. The van der Waals surface area contributed by atoms with E-state index in [2.05, 4.69) is 20.0 Å². The van der Waals surface area contributed by atoms with Crippen molar-refractivity contribution in [2.45, 2.75) is 12.8 Å². The third-order valence-electron chi connectivity index (χ3n) is 5.06. The van der Waals surface area contributed by atoms with E-state index in [9.17, 15) is 9.18 Å². The van der Waals surface area contributed by atoms with Crippen molar-refractivity contribution in [2.75, 3.05) is 49.1 Å².